The lowest BCUT2D eigenvalue weighted by Gasteiger charge is -2.40. The fourth-order valence-corrected chi connectivity index (χ4v) is 3.17. The number of carbonyl (C=O) groups excluding carboxylic acids is 1. The van der Waals surface area contributed by atoms with Crippen LogP contribution in [0.2, 0.25) is 0 Å². The number of nitriles is 1. The average Bonchev–Trinajstić information content (AvgIpc) is 2.84. The summed E-state index contributed by atoms with van der Waals surface area (Å²) in [6, 6.07) is 4.30. The van der Waals surface area contributed by atoms with Gasteiger partial charge in [0.05, 0.1) is 10.9 Å². The summed E-state index contributed by atoms with van der Waals surface area (Å²) in [5, 5.41) is 11.1. The van der Waals surface area contributed by atoms with Crippen LogP contribution in [0, 0.1) is 18.3 Å². The standard InChI is InChI=1S/C14H19N3OS/c1-11-4-9-19-12(11)13(18)16-5-7-17(8-6-16)14(2,3)10-15/h4,9H,5-8H2,1-3H3. The minimum absolute atomic E-state index is 0.127. The highest BCUT2D eigenvalue weighted by Gasteiger charge is 2.31. The molecule has 1 aromatic heterocycles. The van der Waals surface area contributed by atoms with Crippen LogP contribution < -0.4 is 0 Å². The van der Waals surface area contributed by atoms with E-state index in [1.807, 2.05) is 37.1 Å². The van der Waals surface area contributed by atoms with Crippen molar-refractivity contribution in [2.75, 3.05) is 26.2 Å². The smallest absolute Gasteiger partial charge is 0.264 e. The van der Waals surface area contributed by atoms with Gasteiger partial charge in [-0.2, -0.15) is 5.26 Å². The van der Waals surface area contributed by atoms with Crippen LogP contribution in [-0.4, -0.2) is 47.4 Å². The van der Waals surface area contributed by atoms with Gasteiger partial charge in [-0.05, 0) is 37.8 Å². The largest absolute Gasteiger partial charge is 0.335 e. The second-order valence-corrected chi connectivity index (χ2v) is 6.30. The summed E-state index contributed by atoms with van der Waals surface area (Å²) >= 11 is 1.50. The number of hydrogen-bond acceptors (Lipinski definition) is 4. The number of hydrogen-bond donors (Lipinski definition) is 0. The Hall–Kier alpha value is -1.38. The van der Waals surface area contributed by atoms with Gasteiger partial charge in [-0.3, -0.25) is 9.69 Å². The third-order valence-corrected chi connectivity index (χ3v) is 4.69. The van der Waals surface area contributed by atoms with Crippen molar-refractivity contribution in [2.45, 2.75) is 26.3 Å². The molecule has 0 spiro atoms. The topological polar surface area (TPSA) is 47.3 Å². The first kappa shape index (κ1) is 14.0. The molecular weight excluding hydrogens is 258 g/mol. The molecule has 102 valence electrons. The van der Waals surface area contributed by atoms with E-state index in [1.54, 1.807) is 0 Å². The third kappa shape index (κ3) is 2.80. The highest BCUT2D eigenvalue weighted by atomic mass is 32.1. The van der Waals surface area contributed by atoms with Crippen molar-refractivity contribution in [1.82, 2.24) is 9.80 Å². The van der Waals surface area contributed by atoms with E-state index < -0.39 is 5.54 Å². The minimum Gasteiger partial charge on any atom is -0.335 e. The number of piperazine rings is 1. The Morgan fingerprint density at radius 2 is 2.00 bits per heavy atom. The molecule has 2 heterocycles. The molecule has 19 heavy (non-hydrogen) atoms. The fraction of sp³-hybridized carbons (Fsp3) is 0.571. The molecule has 0 bridgehead atoms. The van der Waals surface area contributed by atoms with Gasteiger partial charge in [0.2, 0.25) is 0 Å². The molecule has 5 heteroatoms. The number of amides is 1. The van der Waals surface area contributed by atoms with Crippen LogP contribution in [-0.2, 0) is 0 Å². The number of rotatable bonds is 2. The minimum atomic E-state index is -0.450. The van der Waals surface area contributed by atoms with Gasteiger partial charge in [-0.15, -0.1) is 11.3 Å². The molecule has 1 aromatic rings. The molecule has 1 amide bonds. The molecule has 0 aromatic carbocycles. The lowest BCUT2D eigenvalue weighted by Crippen LogP contribution is -2.55. The maximum atomic E-state index is 12.4. The zero-order chi connectivity index (χ0) is 14.0. The van der Waals surface area contributed by atoms with Gasteiger partial charge in [-0.1, -0.05) is 0 Å². The molecule has 0 atom stereocenters. The van der Waals surface area contributed by atoms with Gasteiger partial charge >= 0.3 is 0 Å². The van der Waals surface area contributed by atoms with E-state index in [1.165, 1.54) is 11.3 Å². The Labute approximate surface area is 118 Å². The number of aryl methyl sites for hydroxylation is 1. The molecule has 0 radical (unpaired) electrons. The Bertz CT molecular complexity index is 507. The molecule has 1 saturated heterocycles. The number of nitrogens with zero attached hydrogens (tertiary/aromatic N) is 3. The molecule has 1 fully saturated rings. The molecule has 0 aliphatic carbocycles. The van der Waals surface area contributed by atoms with E-state index in [0.717, 1.165) is 23.5 Å². The molecule has 4 nitrogen and oxygen atoms in total. The van der Waals surface area contributed by atoms with Crippen LogP contribution in [0.25, 0.3) is 0 Å². The van der Waals surface area contributed by atoms with Gasteiger partial charge in [0.25, 0.3) is 5.91 Å². The van der Waals surface area contributed by atoms with Crippen molar-refractivity contribution >= 4 is 17.2 Å². The van der Waals surface area contributed by atoms with Gasteiger partial charge in [0.1, 0.15) is 5.54 Å². The molecular formula is C14H19N3OS. The summed E-state index contributed by atoms with van der Waals surface area (Å²) in [7, 11) is 0. The SMILES string of the molecule is Cc1ccsc1C(=O)N1CCN(C(C)(C)C#N)CC1. The molecule has 2 rings (SSSR count). The van der Waals surface area contributed by atoms with E-state index in [-0.39, 0.29) is 5.91 Å². The summed E-state index contributed by atoms with van der Waals surface area (Å²) in [5.41, 5.74) is 0.600. The van der Waals surface area contributed by atoms with Crippen LogP contribution in [0.4, 0.5) is 0 Å². The summed E-state index contributed by atoms with van der Waals surface area (Å²) in [6.07, 6.45) is 0. The second-order valence-electron chi connectivity index (χ2n) is 5.38. The summed E-state index contributed by atoms with van der Waals surface area (Å²) < 4.78 is 0. The highest BCUT2D eigenvalue weighted by Crippen LogP contribution is 2.21. The molecule has 1 aliphatic rings. The third-order valence-electron chi connectivity index (χ3n) is 3.69. The second kappa shape index (κ2) is 5.32. The van der Waals surface area contributed by atoms with Crippen molar-refractivity contribution in [3.05, 3.63) is 21.9 Å². The maximum absolute atomic E-state index is 12.4. The molecule has 0 unspecified atom stereocenters. The lowest BCUT2D eigenvalue weighted by molar-refractivity contribution is 0.0524. The first-order chi connectivity index (χ1) is 8.95. The van der Waals surface area contributed by atoms with Crippen molar-refractivity contribution < 1.29 is 4.79 Å². The number of carbonyl (C=O) groups is 1. The van der Waals surface area contributed by atoms with Crippen LogP contribution in [0.1, 0.15) is 29.1 Å². The van der Waals surface area contributed by atoms with E-state index in [0.29, 0.717) is 13.1 Å². The summed E-state index contributed by atoms with van der Waals surface area (Å²) in [4.78, 5) is 17.2. The van der Waals surface area contributed by atoms with E-state index in [4.69, 9.17) is 5.26 Å². The summed E-state index contributed by atoms with van der Waals surface area (Å²) in [5.74, 6) is 0.127. The first-order valence-electron chi connectivity index (χ1n) is 6.45. The van der Waals surface area contributed by atoms with Crippen LogP contribution in [0.15, 0.2) is 11.4 Å². The maximum Gasteiger partial charge on any atom is 0.264 e. The molecule has 0 N–H and O–H groups in total. The van der Waals surface area contributed by atoms with Crippen LogP contribution >= 0.6 is 11.3 Å². The fourth-order valence-electron chi connectivity index (χ4n) is 2.27. The van der Waals surface area contributed by atoms with Crippen molar-refractivity contribution in [3.8, 4) is 6.07 Å². The van der Waals surface area contributed by atoms with E-state index in [2.05, 4.69) is 11.0 Å². The predicted molar refractivity (Wildman–Crippen MR) is 76.2 cm³/mol. The quantitative estimate of drug-likeness (QED) is 0.832. The molecule has 1 aliphatic heterocycles. The molecule has 0 saturated carbocycles. The van der Waals surface area contributed by atoms with Crippen molar-refractivity contribution in [1.29, 1.82) is 5.26 Å². The average molecular weight is 277 g/mol. The zero-order valence-electron chi connectivity index (χ0n) is 11.6. The van der Waals surface area contributed by atoms with Gasteiger partial charge in [0.15, 0.2) is 0 Å². The van der Waals surface area contributed by atoms with Gasteiger partial charge < -0.3 is 4.90 Å². The normalized spacial score (nSPS) is 17.3. The predicted octanol–water partition coefficient (Wildman–Crippen LogP) is 2.12. The lowest BCUT2D eigenvalue weighted by atomic mass is 10.0. The Kier molecular flexibility index (Phi) is 3.93. The Morgan fingerprint density at radius 3 is 2.47 bits per heavy atom. The Balaban J connectivity index is 2.00. The van der Waals surface area contributed by atoms with Crippen LogP contribution in [0.3, 0.4) is 0 Å². The van der Waals surface area contributed by atoms with Crippen LogP contribution in [0.5, 0.6) is 0 Å². The van der Waals surface area contributed by atoms with E-state index >= 15 is 0 Å². The summed E-state index contributed by atoms with van der Waals surface area (Å²) in [6.45, 7) is 8.73. The van der Waals surface area contributed by atoms with Gasteiger partial charge in [0, 0.05) is 26.2 Å². The van der Waals surface area contributed by atoms with Gasteiger partial charge in [-0.25, -0.2) is 0 Å². The monoisotopic (exact) mass is 277 g/mol. The number of thiophene rings is 1. The highest BCUT2D eigenvalue weighted by molar-refractivity contribution is 7.12. The van der Waals surface area contributed by atoms with Crippen molar-refractivity contribution in [2.24, 2.45) is 0 Å². The first-order valence-corrected chi connectivity index (χ1v) is 7.33. The Morgan fingerprint density at radius 1 is 1.37 bits per heavy atom. The van der Waals surface area contributed by atoms with E-state index in [9.17, 15) is 4.79 Å². The van der Waals surface area contributed by atoms with Crippen molar-refractivity contribution in [3.63, 3.8) is 0 Å². The zero-order valence-corrected chi connectivity index (χ0v) is 12.5.